The van der Waals surface area contributed by atoms with Gasteiger partial charge in [-0.25, -0.2) is 0 Å². The SMILES string of the molecule is C.CC.CC(=O)O.CCC.CN.CNC(C)=O.CO. The lowest BCUT2D eigenvalue weighted by atomic mass is 10.6. The molecule has 0 atom stereocenters. The minimum atomic E-state index is -0.833. The van der Waals surface area contributed by atoms with Gasteiger partial charge in [0.2, 0.25) is 5.91 Å². The number of aliphatic carboxylic acids is 1. The molecule has 5 N–H and O–H groups in total. The second-order valence-corrected chi connectivity index (χ2v) is 2.03. The van der Waals surface area contributed by atoms with Crippen LogP contribution in [-0.4, -0.2) is 43.3 Å². The van der Waals surface area contributed by atoms with E-state index in [1.165, 1.54) is 20.4 Å². The van der Waals surface area contributed by atoms with Gasteiger partial charge in [-0.15, -0.1) is 0 Å². The Kier molecular flexibility index (Phi) is 204. The fourth-order valence-corrected chi connectivity index (χ4v) is 0. The van der Waals surface area contributed by atoms with Crippen molar-refractivity contribution in [1.29, 1.82) is 0 Å². The number of hydrogen-bond donors (Lipinski definition) is 4. The second-order valence-electron chi connectivity index (χ2n) is 2.03. The van der Waals surface area contributed by atoms with E-state index in [9.17, 15) is 4.79 Å². The van der Waals surface area contributed by atoms with Gasteiger partial charge in [-0.05, 0) is 7.05 Å². The van der Waals surface area contributed by atoms with Crippen LogP contribution in [0.2, 0.25) is 0 Å². The molecule has 6 nitrogen and oxygen atoms in total. The molecule has 0 aromatic carbocycles. The van der Waals surface area contributed by atoms with Gasteiger partial charge in [0.05, 0.1) is 0 Å². The van der Waals surface area contributed by atoms with Crippen molar-refractivity contribution in [1.82, 2.24) is 5.32 Å². The van der Waals surface area contributed by atoms with Gasteiger partial charge < -0.3 is 21.3 Å². The summed E-state index contributed by atoms with van der Waals surface area (Å²) in [7, 11) is 4.10. The van der Waals surface area contributed by atoms with Gasteiger partial charge in [-0.3, -0.25) is 9.59 Å². The monoisotopic (exact) mass is 286 g/mol. The van der Waals surface area contributed by atoms with Crippen LogP contribution in [0.4, 0.5) is 0 Å². The van der Waals surface area contributed by atoms with Crippen LogP contribution in [0.3, 0.4) is 0 Å². The smallest absolute Gasteiger partial charge is 0.300 e. The number of aliphatic hydroxyl groups excluding tert-OH is 1. The summed E-state index contributed by atoms with van der Waals surface area (Å²) in [5.74, 6) is -0.829. The van der Waals surface area contributed by atoms with Crippen LogP contribution < -0.4 is 11.1 Å². The molecular weight excluding hydrogens is 248 g/mol. The third-order valence-corrected chi connectivity index (χ3v) is 0.352. The molecule has 0 aliphatic rings. The third-order valence-electron chi connectivity index (χ3n) is 0.352. The van der Waals surface area contributed by atoms with Crippen LogP contribution in [0.1, 0.15) is 55.4 Å². The first-order valence-corrected chi connectivity index (χ1v) is 5.82. The molecule has 1 amide bonds. The Morgan fingerprint density at radius 3 is 1.11 bits per heavy atom. The maximum atomic E-state index is 9.70. The molecular formula is C13H38N2O4. The van der Waals surface area contributed by atoms with Gasteiger partial charge in [-0.1, -0.05) is 41.5 Å². The number of rotatable bonds is 0. The Morgan fingerprint density at radius 2 is 1.11 bits per heavy atom. The average molecular weight is 286 g/mol. The predicted molar refractivity (Wildman–Crippen MR) is 85.3 cm³/mol. The van der Waals surface area contributed by atoms with Crippen LogP contribution in [0.15, 0.2) is 0 Å². The predicted octanol–water partition coefficient (Wildman–Crippen LogP) is 2.11. The van der Waals surface area contributed by atoms with Crippen LogP contribution in [0.5, 0.6) is 0 Å². The Balaban J connectivity index is -0.0000000189. The first kappa shape index (κ1) is 43.0. The number of aliphatic hydroxyl groups is 1. The molecule has 0 unspecified atom stereocenters. The zero-order valence-electron chi connectivity index (χ0n) is 13.5. The van der Waals surface area contributed by atoms with Crippen LogP contribution >= 0.6 is 0 Å². The fraction of sp³-hybridized carbons (Fsp3) is 0.846. The molecule has 6 heteroatoms. The topological polar surface area (TPSA) is 113 Å². The summed E-state index contributed by atoms with van der Waals surface area (Å²) in [6.07, 6.45) is 1.25. The summed E-state index contributed by atoms with van der Waals surface area (Å²) in [6.45, 7) is 10.8. The van der Waals surface area contributed by atoms with E-state index in [1.807, 2.05) is 13.8 Å². The Hall–Kier alpha value is -1.14. The molecule has 0 saturated carbocycles. The Morgan fingerprint density at radius 1 is 1.05 bits per heavy atom. The largest absolute Gasteiger partial charge is 0.481 e. The summed E-state index contributed by atoms with van der Waals surface area (Å²) < 4.78 is 0. The number of nitrogens with one attached hydrogen (secondary N) is 1. The highest BCUT2D eigenvalue weighted by molar-refractivity contribution is 5.72. The van der Waals surface area contributed by atoms with E-state index < -0.39 is 5.97 Å². The van der Waals surface area contributed by atoms with E-state index in [1.54, 1.807) is 7.05 Å². The first-order chi connectivity index (χ1) is 8.42. The van der Waals surface area contributed by atoms with E-state index in [-0.39, 0.29) is 13.3 Å². The van der Waals surface area contributed by atoms with Crippen molar-refractivity contribution >= 4 is 11.9 Å². The van der Waals surface area contributed by atoms with E-state index >= 15 is 0 Å². The molecule has 0 radical (unpaired) electrons. The summed E-state index contributed by atoms with van der Waals surface area (Å²) in [5, 5.41) is 16.8. The van der Waals surface area contributed by atoms with E-state index in [4.69, 9.17) is 15.0 Å². The zero-order valence-corrected chi connectivity index (χ0v) is 13.5. The molecule has 124 valence electrons. The third kappa shape index (κ3) is 5030. The first-order valence-electron chi connectivity index (χ1n) is 5.82. The molecule has 0 aromatic rings. The van der Waals surface area contributed by atoms with Gasteiger partial charge in [0.1, 0.15) is 0 Å². The quantitative estimate of drug-likeness (QED) is 0.544. The van der Waals surface area contributed by atoms with Crippen molar-refractivity contribution in [3.8, 4) is 0 Å². The highest BCUT2D eigenvalue weighted by atomic mass is 16.4. The lowest BCUT2D eigenvalue weighted by Gasteiger charge is -1.80. The lowest BCUT2D eigenvalue weighted by Crippen LogP contribution is -2.11. The second kappa shape index (κ2) is 90.1. The number of carboxylic acids is 1. The molecule has 0 bridgehead atoms. The molecule has 0 aliphatic carbocycles. The molecule has 0 fully saturated rings. The molecule has 0 aromatic heterocycles. The van der Waals surface area contributed by atoms with Crippen LogP contribution in [0, 0.1) is 0 Å². The van der Waals surface area contributed by atoms with Crippen molar-refractivity contribution in [3.05, 3.63) is 0 Å². The van der Waals surface area contributed by atoms with Gasteiger partial charge in [0.25, 0.3) is 5.97 Å². The number of carbonyl (C=O) groups excluding carboxylic acids is 1. The molecule has 0 spiro atoms. The van der Waals surface area contributed by atoms with Gasteiger partial charge >= 0.3 is 0 Å². The lowest BCUT2D eigenvalue weighted by molar-refractivity contribution is -0.134. The van der Waals surface area contributed by atoms with Crippen molar-refractivity contribution in [2.75, 3.05) is 21.2 Å². The fourth-order valence-electron chi connectivity index (χ4n) is 0. The minimum absolute atomic E-state index is 0. The number of carbonyl (C=O) groups is 2. The van der Waals surface area contributed by atoms with Crippen molar-refractivity contribution in [3.63, 3.8) is 0 Å². The molecule has 0 aliphatic heterocycles. The average Bonchev–Trinajstić information content (AvgIpc) is 2.37. The van der Waals surface area contributed by atoms with E-state index in [2.05, 4.69) is 24.9 Å². The van der Waals surface area contributed by atoms with E-state index in [0.717, 1.165) is 14.0 Å². The number of carboxylic acid groups (broad SMARTS) is 1. The standard InChI is InChI=1S/C3H7NO.C3H8.C2H4O2.C2H6.CH5N.CH4O.CH4/c1-3(5)4-2;1-3-2;1-2(3)4;3*1-2;/h1-2H3,(H,4,5);3H2,1-2H3;1H3,(H,3,4);1-2H3;2H2,1H3;2H,1H3;1H4. The Bertz CT molecular complexity index is 117. The summed E-state index contributed by atoms with van der Waals surface area (Å²) >= 11 is 0. The Labute approximate surface area is 120 Å². The van der Waals surface area contributed by atoms with Gasteiger partial charge in [0, 0.05) is 28.0 Å². The maximum Gasteiger partial charge on any atom is 0.300 e. The van der Waals surface area contributed by atoms with Crippen LogP contribution in [-0.2, 0) is 9.59 Å². The molecule has 19 heavy (non-hydrogen) atoms. The maximum absolute atomic E-state index is 9.70. The normalized spacial score (nSPS) is 5.00. The molecule has 0 saturated heterocycles. The van der Waals surface area contributed by atoms with Crippen molar-refractivity contribution in [2.45, 2.75) is 55.4 Å². The van der Waals surface area contributed by atoms with Gasteiger partial charge in [0.15, 0.2) is 0 Å². The molecule has 0 rings (SSSR count). The highest BCUT2D eigenvalue weighted by Gasteiger charge is 1.72. The van der Waals surface area contributed by atoms with Crippen molar-refractivity contribution < 1.29 is 19.8 Å². The summed E-state index contributed by atoms with van der Waals surface area (Å²) in [6, 6.07) is 0. The van der Waals surface area contributed by atoms with Crippen molar-refractivity contribution in [2.24, 2.45) is 5.73 Å². The molecule has 0 heterocycles. The van der Waals surface area contributed by atoms with E-state index in [0.29, 0.717) is 0 Å². The summed E-state index contributed by atoms with van der Waals surface area (Å²) in [5.41, 5.74) is 4.50. The van der Waals surface area contributed by atoms with Crippen LogP contribution in [0.25, 0.3) is 0 Å². The summed E-state index contributed by atoms with van der Waals surface area (Å²) in [4.78, 5) is 18.7. The highest BCUT2D eigenvalue weighted by Crippen LogP contribution is 1.56. The number of nitrogens with two attached hydrogens (primary N) is 1. The van der Waals surface area contributed by atoms with Gasteiger partial charge in [-0.2, -0.15) is 0 Å². The number of hydrogen-bond acceptors (Lipinski definition) is 4. The zero-order chi connectivity index (χ0) is 16.6. The number of amides is 1. The minimum Gasteiger partial charge on any atom is -0.481 e.